The lowest BCUT2D eigenvalue weighted by atomic mass is 9.86. The summed E-state index contributed by atoms with van der Waals surface area (Å²) >= 11 is 0. The van der Waals surface area contributed by atoms with Crippen LogP contribution in [0.5, 0.6) is 0 Å². The number of ether oxygens (including phenoxy) is 4. The molecule has 6 rings (SSSR count). The fourth-order valence-corrected chi connectivity index (χ4v) is 9.55. The summed E-state index contributed by atoms with van der Waals surface area (Å²) in [5, 5.41) is 18.3. The van der Waals surface area contributed by atoms with Gasteiger partial charge in [0.15, 0.2) is 11.5 Å². The van der Waals surface area contributed by atoms with Crippen molar-refractivity contribution in [1.29, 1.82) is 0 Å². The maximum atomic E-state index is 14.3. The highest BCUT2D eigenvalue weighted by Gasteiger charge is 2.64. The molecule has 2 fully saturated rings. The number of Topliss-reactive ketones (excluding diaryl/α,β-unsaturated/α-hetero) is 1. The molecule has 62 heavy (non-hydrogen) atoms. The Morgan fingerprint density at radius 2 is 1.15 bits per heavy atom. The highest BCUT2D eigenvalue weighted by molar-refractivity contribution is 6.76. The Hall–Kier alpha value is -3.69. The van der Waals surface area contributed by atoms with E-state index in [1.807, 2.05) is 0 Å². The molecule has 2 aromatic heterocycles. The molecule has 2 aromatic rings. The van der Waals surface area contributed by atoms with E-state index in [2.05, 4.69) is 49.5 Å². The number of carboxylic acids is 1. The topological polar surface area (TPSA) is 168 Å². The number of halogens is 2. The van der Waals surface area contributed by atoms with Crippen LogP contribution >= 0.6 is 0 Å². The molecule has 0 radical (unpaired) electrons. The van der Waals surface area contributed by atoms with Crippen LogP contribution in [0, 0.1) is 11.3 Å². The van der Waals surface area contributed by atoms with Gasteiger partial charge in [0.2, 0.25) is 5.92 Å². The Kier molecular flexibility index (Phi) is 14.7. The minimum atomic E-state index is -2.82. The first-order valence-corrected chi connectivity index (χ1v) is 29.3. The Labute approximate surface area is 367 Å². The predicted octanol–water partition coefficient (Wildman–Crippen LogP) is 8.68. The molecular formula is C43H70F2N6O9Si2. The number of fused-ring (bicyclic) bond motifs is 2. The lowest BCUT2D eigenvalue weighted by Gasteiger charge is -2.30. The fraction of sp³-hybridized carbons (Fsp3) is 0.767. The Morgan fingerprint density at radius 3 is 1.53 bits per heavy atom. The van der Waals surface area contributed by atoms with Crippen LogP contribution in [0.4, 0.5) is 18.4 Å². The highest BCUT2D eigenvalue weighted by Crippen LogP contribution is 2.66. The van der Waals surface area contributed by atoms with Crippen molar-refractivity contribution < 1.29 is 52.0 Å². The first-order valence-electron chi connectivity index (χ1n) is 21.9. The summed E-state index contributed by atoms with van der Waals surface area (Å²) in [5.41, 5.74) is 1.24. The number of amides is 2. The zero-order chi connectivity index (χ0) is 46.2. The van der Waals surface area contributed by atoms with Gasteiger partial charge in [-0.15, -0.1) is 0 Å². The number of carbonyl (C=O) groups excluding carboxylic acids is 3. The zero-order valence-electron chi connectivity index (χ0n) is 39.0. The van der Waals surface area contributed by atoms with E-state index >= 15 is 0 Å². The molecular weight excluding hydrogens is 839 g/mol. The van der Waals surface area contributed by atoms with Gasteiger partial charge < -0.3 is 33.9 Å². The lowest BCUT2D eigenvalue weighted by Crippen LogP contribution is -2.40. The van der Waals surface area contributed by atoms with Gasteiger partial charge in [0.05, 0.1) is 13.1 Å². The van der Waals surface area contributed by atoms with Gasteiger partial charge in [-0.25, -0.2) is 32.5 Å². The third kappa shape index (κ3) is 13.2. The zero-order valence-corrected chi connectivity index (χ0v) is 41.0. The van der Waals surface area contributed by atoms with Crippen LogP contribution in [0.1, 0.15) is 111 Å². The van der Waals surface area contributed by atoms with Crippen LogP contribution in [-0.4, -0.2) is 118 Å². The summed E-state index contributed by atoms with van der Waals surface area (Å²) in [6.07, 6.45) is 0.802. The normalized spacial score (nSPS) is 19.4. The molecule has 2 aliphatic heterocycles. The van der Waals surface area contributed by atoms with Crippen molar-refractivity contribution >= 4 is 40.1 Å². The minimum Gasteiger partial charge on any atom is -0.476 e. The van der Waals surface area contributed by atoms with Gasteiger partial charge in [0.1, 0.15) is 30.4 Å². The van der Waals surface area contributed by atoms with Crippen LogP contribution in [-0.2, 0) is 58.3 Å². The number of alkyl halides is 2. The predicted molar refractivity (Wildman–Crippen MR) is 234 cm³/mol. The first kappa shape index (κ1) is 49.3. The van der Waals surface area contributed by atoms with E-state index in [0.29, 0.717) is 63.1 Å². The molecule has 348 valence electrons. The Balaban J connectivity index is 0.000000243. The Morgan fingerprint density at radius 1 is 0.726 bits per heavy atom. The van der Waals surface area contributed by atoms with Crippen molar-refractivity contribution in [2.75, 3.05) is 26.3 Å². The molecule has 1 N–H and O–H groups in total. The number of carbonyl (C=O) groups is 4. The monoisotopic (exact) mass is 908 g/mol. The summed E-state index contributed by atoms with van der Waals surface area (Å²) < 4.78 is 54.5. The second-order valence-electron chi connectivity index (χ2n) is 21.9. The highest BCUT2D eigenvalue weighted by atomic mass is 28.3. The molecule has 4 aliphatic rings. The van der Waals surface area contributed by atoms with E-state index < -0.39 is 69.2 Å². The van der Waals surface area contributed by atoms with Gasteiger partial charge in [-0.2, -0.15) is 10.2 Å². The SMILES string of the molecule is CC(C)(C)OC(=O)N1CCc2c(c(C(=O)C3CC(F)(F)CC34CC4)nn2COCC[Si](C)(C)C)C1.CC(C)(C)OC(=O)N1CCc2c(c(C(=O)O)nn2COCC[Si](C)(C)C)C1. The average molecular weight is 909 g/mol. The van der Waals surface area contributed by atoms with Crippen molar-refractivity contribution in [3.8, 4) is 0 Å². The maximum Gasteiger partial charge on any atom is 0.410 e. The van der Waals surface area contributed by atoms with Gasteiger partial charge in [0, 0.05) is 96.6 Å². The smallest absolute Gasteiger partial charge is 0.410 e. The van der Waals surface area contributed by atoms with E-state index in [1.165, 1.54) is 4.90 Å². The van der Waals surface area contributed by atoms with E-state index in [1.54, 1.807) is 55.8 Å². The van der Waals surface area contributed by atoms with Crippen molar-refractivity contribution in [2.24, 2.45) is 11.3 Å². The van der Waals surface area contributed by atoms with Gasteiger partial charge in [-0.05, 0) is 71.9 Å². The van der Waals surface area contributed by atoms with Crippen molar-refractivity contribution in [2.45, 2.75) is 175 Å². The minimum absolute atomic E-state index is 0.0212. The van der Waals surface area contributed by atoms with Crippen LogP contribution in [0.25, 0.3) is 0 Å². The van der Waals surface area contributed by atoms with Crippen LogP contribution in [0.3, 0.4) is 0 Å². The second-order valence-corrected chi connectivity index (χ2v) is 33.1. The quantitative estimate of drug-likeness (QED) is 0.116. The number of hydrogen-bond acceptors (Lipinski definition) is 10. The fourth-order valence-electron chi connectivity index (χ4n) is 8.04. The number of rotatable bonds is 13. The largest absolute Gasteiger partial charge is 0.476 e. The molecule has 2 amide bonds. The van der Waals surface area contributed by atoms with Crippen molar-refractivity contribution in [3.05, 3.63) is 33.9 Å². The molecule has 0 saturated heterocycles. The summed E-state index contributed by atoms with van der Waals surface area (Å²) in [4.78, 5) is 53.4. The van der Waals surface area contributed by atoms with E-state index in [0.717, 1.165) is 23.5 Å². The molecule has 0 aromatic carbocycles. The number of ketones is 1. The number of aromatic carboxylic acids is 1. The molecule has 1 spiro atoms. The average Bonchev–Trinajstić information content (AvgIpc) is 3.52. The molecule has 4 heterocycles. The van der Waals surface area contributed by atoms with Crippen LogP contribution in [0.15, 0.2) is 0 Å². The molecule has 1 unspecified atom stereocenters. The van der Waals surface area contributed by atoms with E-state index in [-0.39, 0.29) is 50.1 Å². The first-order chi connectivity index (χ1) is 28.5. The third-order valence-corrected chi connectivity index (χ3v) is 14.9. The Bertz CT molecular complexity index is 1970. The summed E-state index contributed by atoms with van der Waals surface area (Å²) in [6.45, 7) is 27.4. The molecule has 0 bridgehead atoms. The maximum absolute atomic E-state index is 14.3. The third-order valence-electron chi connectivity index (χ3n) is 11.5. The molecule has 19 heteroatoms. The molecule has 1 atom stereocenters. The molecule has 15 nitrogen and oxygen atoms in total. The molecule has 2 saturated carbocycles. The second kappa shape index (κ2) is 18.4. The number of aromatic nitrogens is 4. The van der Waals surface area contributed by atoms with Crippen LogP contribution < -0.4 is 0 Å². The standard InChI is InChI=1S/C25H39F2N3O4Si.C18H31N3O5Si/c1-23(2,3)34-22(32)29-10-7-19-17(14-29)20(28-30(19)16-33-11-12-35(4,5)6)21(31)18-13-25(26,27)15-24(18)8-9-24;1-18(2,3)26-17(24)20-8-7-14-13(11-20)15(16(22)23)19-21(14)12-25-9-10-27(4,5)6/h18H,7-16H2,1-6H3;7-12H2,1-6H3,(H,22,23). The number of carboxylic acid groups (broad SMARTS) is 1. The van der Waals surface area contributed by atoms with Gasteiger partial charge in [-0.3, -0.25) is 4.79 Å². The number of hydrogen-bond donors (Lipinski definition) is 1. The van der Waals surface area contributed by atoms with Gasteiger partial charge in [0.25, 0.3) is 0 Å². The summed E-state index contributed by atoms with van der Waals surface area (Å²) in [5.74, 6) is -4.96. The van der Waals surface area contributed by atoms with E-state index in [9.17, 15) is 33.1 Å². The van der Waals surface area contributed by atoms with Crippen LogP contribution in [0.2, 0.25) is 51.4 Å². The van der Waals surface area contributed by atoms with Crippen molar-refractivity contribution in [3.63, 3.8) is 0 Å². The van der Waals surface area contributed by atoms with Crippen molar-refractivity contribution in [1.82, 2.24) is 29.4 Å². The lowest BCUT2D eigenvalue weighted by molar-refractivity contribution is 0.00158. The van der Waals surface area contributed by atoms with E-state index in [4.69, 9.17) is 18.9 Å². The van der Waals surface area contributed by atoms with Gasteiger partial charge >= 0.3 is 18.2 Å². The summed E-state index contributed by atoms with van der Waals surface area (Å²) in [7, 11) is -2.44. The van der Waals surface area contributed by atoms with Gasteiger partial charge in [-0.1, -0.05) is 39.3 Å². The number of nitrogens with zero attached hydrogens (tertiary/aromatic N) is 6. The summed E-state index contributed by atoms with van der Waals surface area (Å²) in [6, 6.07) is 2.04. The molecule has 2 aliphatic carbocycles.